The molecule has 0 saturated carbocycles. The lowest BCUT2D eigenvalue weighted by molar-refractivity contribution is -0.146. The number of carbonyl (C=O) groups excluding carboxylic acids is 3. The molecule has 7 nitrogen and oxygen atoms in total. The fourth-order valence-electron chi connectivity index (χ4n) is 2.07. The summed E-state index contributed by atoms with van der Waals surface area (Å²) in [6.45, 7) is 1.37. The van der Waals surface area contributed by atoms with Gasteiger partial charge in [-0.15, -0.1) is 0 Å². The molecule has 0 heterocycles. The maximum absolute atomic E-state index is 13.4. The predicted molar refractivity (Wildman–Crippen MR) is 95.9 cm³/mol. The number of para-hydroxylation sites is 1. The summed E-state index contributed by atoms with van der Waals surface area (Å²) < 4.78 is 23.4. The molecule has 0 radical (unpaired) electrons. The van der Waals surface area contributed by atoms with Crippen molar-refractivity contribution < 1.29 is 28.2 Å². The van der Waals surface area contributed by atoms with Gasteiger partial charge in [-0.25, -0.2) is 4.39 Å². The summed E-state index contributed by atoms with van der Waals surface area (Å²) in [5, 5.41) is 4.67. The van der Waals surface area contributed by atoms with Crippen molar-refractivity contribution in [2.45, 2.75) is 6.92 Å². The first kappa shape index (κ1) is 19.9. The fraction of sp³-hybridized carbons (Fsp3) is 0.211. The summed E-state index contributed by atoms with van der Waals surface area (Å²) in [6, 6.07) is 12.0. The highest BCUT2D eigenvalue weighted by Gasteiger charge is 2.12. The molecule has 2 aromatic carbocycles. The van der Waals surface area contributed by atoms with Gasteiger partial charge in [-0.05, 0) is 43.3 Å². The zero-order valence-electron chi connectivity index (χ0n) is 14.7. The average Bonchev–Trinajstić information content (AvgIpc) is 2.67. The van der Waals surface area contributed by atoms with Crippen molar-refractivity contribution >= 4 is 23.5 Å². The van der Waals surface area contributed by atoms with Crippen LogP contribution in [0.1, 0.15) is 17.3 Å². The van der Waals surface area contributed by atoms with Crippen LogP contribution in [0, 0.1) is 5.82 Å². The summed E-state index contributed by atoms with van der Waals surface area (Å²) in [6.07, 6.45) is 0. The number of rotatable bonds is 8. The van der Waals surface area contributed by atoms with Crippen molar-refractivity contribution in [2.75, 3.05) is 25.1 Å². The van der Waals surface area contributed by atoms with E-state index in [-0.39, 0.29) is 5.69 Å². The SMILES string of the molecule is CCOc1ccc(C(=O)NCC(=O)OCC(=O)Nc2ccccc2F)cc1. The van der Waals surface area contributed by atoms with Crippen molar-refractivity contribution in [3.05, 3.63) is 59.9 Å². The molecule has 0 saturated heterocycles. The van der Waals surface area contributed by atoms with Gasteiger partial charge in [0.1, 0.15) is 18.1 Å². The van der Waals surface area contributed by atoms with Crippen LogP contribution >= 0.6 is 0 Å². The van der Waals surface area contributed by atoms with Gasteiger partial charge in [-0.2, -0.15) is 0 Å². The zero-order chi connectivity index (χ0) is 19.6. The highest BCUT2D eigenvalue weighted by atomic mass is 19.1. The number of halogens is 1. The number of esters is 1. The minimum Gasteiger partial charge on any atom is -0.494 e. The minimum absolute atomic E-state index is 0.0117. The second kappa shape index (κ2) is 9.91. The molecule has 2 rings (SSSR count). The van der Waals surface area contributed by atoms with E-state index in [4.69, 9.17) is 9.47 Å². The Balaban J connectivity index is 1.73. The molecule has 2 N–H and O–H groups in total. The summed E-state index contributed by atoms with van der Waals surface area (Å²) >= 11 is 0. The Kier molecular flexibility index (Phi) is 7.30. The topological polar surface area (TPSA) is 93.7 Å². The number of carbonyl (C=O) groups is 3. The second-order valence-electron chi connectivity index (χ2n) is 5.33. The lowest BCUT2D eigenvalue weighted by atomic mass is 10.2. The lowest BCUT2D eigenvalue weighted by Gasteiger charge is -2.08. The van der Waals surface area contributed by atoms with E-state index in [0.717, 1.165) is 0 Å². The van der Waals surface area contributed by atoms with Crippen molar-refractivity contribution in [1.82, 2.24) is 5.32 Å². The van der Waals surface area contributed by atoms with Gasteiger partial charge < -0.3 is 20.1 Å². The molecule has 2 amide bonds. The van der Waals surface area contributed by atoms with Crippen LogP contribution in [0.4, 0.5) is 10.1 Å². The summed E-state index contributed by atoms with van der Waals surface area (Å²) in [5.41, 5.74) is 0.339. The number of hydrogen-bond donors (Lipinski definition) is 2. The molecule has 0 aliphatic rings. The van der Waals surface area contributed by atoms with Gasteiger partial charge in [0.25, 0.3) is 11.8 Å². The molecule has 0 aromatic heterocycles. The molecule has 0 aliphatic heterocycles. The normalized spacial score (nSPS) is 10.0. The number of anilines is 1. The Morgan fingerprint density at radius 2 is 1.74 bits per heavy atom. The van der Waals surface area contributed by atoms with Gasteiger partial charge in [-0.1, -0.05) is 12.1 Å². The zero-order valence-corrected chi connectivity index (χ0v) is 14.7. The highest BCUT2D eigenvalue weighted by Crippen LogP contribution is 2.12. The smallest absolute Gasteiger partial charge is 0.325 e. The standard InChI is InChI=1S/C19H19FN2O5/c1-2-26-14-9-7-13(8-10-14)19(25)21-11-18(24)27-12-17(23)22-16-6-4-3-5-15(16)20/h3-10H,2,11-12H2,1H3,(H,21,25)(H,22,23). The van der Waals surface area contributed by atoms with E-state index in [9.17, 15) is 18.8 Å². The molecular weight excluding hydrogens is 355 g/mol. The molecule has 0 unspecified atom stereocenters. The molecule has 142 valence electrons. The van der Waals surface area contributed by atoms with E-state index < -0.39 is 36.8 Å². The van der Waals surface area contributed by atoms with Crippen LogP contribution in [0.15, 0.2) is 48.5 Å². The van der Waals surface area contributed by atoms with E-state index in [1.54, 1.807) is 30.3 Å². The van der Waals surface area contributed by atoms with Crippen molar-refractivity contribution in [2.24, 2.45) is 0 Å². The number of nitrogens with one attached hydrogen (secondary N) is 2. The van der Waals surface area contributed by atoms with E-state index in [0.29, 0.717) is 17.9 Å². The van der Waals surface area contributed by atoms with Gasteiger partial charge in [0.15, 0.2) is 6.61 Å². The highest BCUT2D eigenvalue weighted by molar-refractivity contribution is 5.96. The first-order chi connectivity index (χ1) is 13.0. The van der Waals surface area contributed by atoms with Crippen LogP contribution in [0.2, 0.25) is 0 Å². The molecule has 0 fully saturated rings. The van der Waals surface area contributed by atoms with Gasteiger partial charge in [0, 0.05) is 5.56 Å². The predicted octanol–water partition coefficient (Wildman–Crippen LogP) is 2.14. The van der Waals surface area contributed by atoms with Crippen LogP contribution in [0.25, 0.3) is 0 Å². The Labute approximate surface area is 155 Å². The monoisotopic (exact) mass is 374 g/mol. The third kappa shape index (κ3) is 6.43. The lowest BCUT2D eigenvalue weighted by Crippen LogP contribution is -2.32. The molecule has 0 aliphatic carbocycles. The Morgan fingerprint density at radius 1 is 1.04 bits per heavy atom. The maximum atomic E-state index is 13.4. The molecular formula is C19H19FN2O5. The van der Waals surface area contributed by atoms with E-state index in [1.165, 1.54) is 18.2 Å². The largest absolute Gasteiger partial charge is 0.494 e. The number of benzene rings is 2. The third-order valence-electron chi connectivity index (χ3n) is 3.33. The van der Waals surface area contributed by atoms with Gasteiger partial charge >= 0.3 is 5.97 Å². The van der Waals surface area contributed by atoms with Crippen LogP contribution in [-0.4, -0.2) is 37.5 Å². The van der Waals surface area contributed by atoms with Crippen LogP contribution < -0.4 is 15.4 Å². The Hall–Kier alpha value is -3.42. The molecule has 0 bridgehead atoms. The number of amides is 2. The van der Waals surface area contributed by atoms with E-state index in [1.807, 2.05) is 6.92 Å². The third-order valence-corrected chi connectivity index (χ3v) is 3.33. The summed E-state index contributed by atoms with van der Waals surface area (Å²) in [5.74, 6) is -1.91. The van der Waals surface area contributed by atoms with Crippen LogP contribution in [0.3, 0.4) is 0 Å². The number of hydrogen-bond acceptors (Lipinski definition) is 5. The van der Waals surface area contributed by atoms with Crippen molar-refractivity contribution in [1.29, 1.82) is 0 Å². The molecule has 0 spiro atoms. The summed E-state index contributed by atoms with van der Waals surface area (Å²) in [7, 11) is 0. The first-order valence-electron chi connectivity index (χ1n) is 8.20. The molecule has 8 heteroatoms. The Morgan fingerprint density at radius 3 is 2.41 bits per heavy atom. The molecule has 0 atom stereocenters. The summed E-state index contributed by atoms with van der Waals surface area (Å²) in [4.78, 5) is 35.2. The van der Waals surface area contributed by atoms with Crippen molar-refractivity contribution in [3.63, 3.8) is 0 Å². The first-order valence-corrected chi connectivity index (χ1v) is 8.20. The van der Waals surface area contributed by atoms with Gasteiger partial charge in [-0.3, -0.25) is 14.4 Å². The second-order valence-corrected chi connectivity index (χ2v) is 5.33. The molecule has 2 aromatic rings. The van der Waals surface area contributed by atoms with Crippen LogP contribution in [-0.2, 0) is 14.3 Å². The fourth-order valence-corrected chi connectivity index (χ4v) is 2.07. The van der Waals surface area contributed by atoms with E-state index >= 15 is 0 Å². The van der Waals surface area contributed by atoms with Crippen LogP contribution in [0.5, 0.6) is 5.75 Å². The molecule has 27 heavy (non-hydrogen) atoms. The van der Waals surface area contributed by atoms with Gasteiger partial charge in [0.05, 0.1) is 12.3 Å². The maximum Gasteiger partial charge on any atom is 0.325 e. The Bertz CT molecular complexity index is 808. The van der Waals surface area contributed by atoms with Crippen molar-refractivity contribution in [3.8, 4) is 5.75 Å². The number of ether oxygens (including phenoxy) is 2. The quantitative estimate of drug-likeness (QED) is 0.691. The average molecular weight is 374 g/mol. The van der Waals surface area contributed by atoms with E-state index in [2.05, 4.69) is 10.6 Å². The minimum atomic E-state index is -0.794. The van der Waals surface area contributed by atoms with Gasteiger partial charge in [0.2, 0.25) is 0 Å².